The minimum atomic E-state index is -0.437. The third kappa shape index (κ3) is 6.31. The van der Waals surface area contributed by atoms with Gasteiger partial charge >= 0.3 is 0 Å². The SMILES string of the molecule is O=C(CSc1nc2ccc(N=Cc3ccc(-c4ccc([N+](=O)[O-])cc4)o3)cc2s1)Nc1ccc(Br)cc1. The first-order chi connectivity index (χ1) is 17.9. The summed E-state index contributed by atoms with van der Waals surface area (Å²) in [5, 5.41) is 13.7. The molecular weight excluding hydrogens is 576 g/mol. The van der Waals surface area contributed by atoms with Gasteiger partial charge in [-0.15, -0.1) is 11.3 Å². The summed E-state index contributed by atoms with van der Waals surface area (Å²) in [7, 11) is 0. The fourth-order valence-corrected chi connectivity index (χ4v) is 5.52. The highest BCUT2D eigenvalue weighted by Gasteiger charge is 2.10. The Kier molecular flexibility index (Phi) is 7.45. The normalized spacial score (nSPS) is 11.3. The highest BCUT2D eigenvalue weighted by atomic mass is 79.9. The summed E-state index contributed by atoms with van der Waals surface area (Å²) in [6.45, 7) is 0. The quantitative estimate of drug-likeness (QED) is 0.0854. The lowest BCUT2D eigenvalue weighted by atomic mass is 10.1. The number of aromatic nitrogens is 1. The summed E-state index contributed by atoms with van der Waals surface area (Å²) in [5.41, 5.74) is 3.11. The lowest BCUT2D eigenvalue weighted by Gasteiger charge is -2.03. The second kappa shape index (κ2) is 11.1. The van der Waals surface area contributed by atoms with Crippen molar-refractivity contribution in [3.05, 3.63) is 99.2 Å². The van der Waals surface area contributed by atoms with Gasteiger partial charge in [0.15, 0.2) is 4.34 Å². The van der Waals surface area contributed by atoms with Gasteiger partial charge in [0, 0.05) is 27.9 Å². The van der Waals surface area contributed by atoms with E-state index in [0.29, 0.717) is 11.5 Å². The largest absolute Gasteiger partial charge is 0.455 e. The van der Waals surface area contributed by atoms with Crippen LogP contribution in [-0.4, -0.2) is 27.8 Å². The smallest absolute Gasteiger partial charge is 0.269 e. The summed E-state index contributed by atoms with van der Waals surface area (Å²) in [5.74, 6) is 1.32. The molecule has 0 aliphatic carbocycles. The van der Waals surface area contributed by atoms with Gasteiger partial charge < -0.3 is 9.73 Å². The van der Waals surface area contributed by atoms with E-state index in [9.17, 15) is 14.9 Å². The van der Waals surface area contributed by atoms with Crippen LogP contribution in [0.3, 0.4) is 0 Å². The van der Waals surface area contributed by atoms with Gasteiger partial charge in [-0.05, 0) is 66.7 Å². The van der Waals surface area contributed by atoms with E-state index in [1.54, 1.807) is 30.5 Å². The van der Waals surface area contributed by atoms with Crippen molar-refractivity contribution in [3.8, 4) is 11.3 Å². The van der Waals surface area contributed by atoms with Crippen molar-refractivity contribution < 1.29 is 14.1 Å². The van der Waals surface area contributed by atoms with E-state index in [1.807, 2.05) is 42.5 Å². The standard InChI is InChI=1S/C26H17BrN4O4S2/c27-17-3-5-18(6-4-17)29-25(32)15-36-26-30-22-11-7-19(13-24(22)37-26)28-14-21-10-12-23(35-21)16-1-8-20(9-2-16)31(33)34/h1-14H,15H2,(H,29,32). The number of hydrogen-bond donors (Lipinski definition) is 1. The molecule has 3 aromatic carbocycles. The second-order valence-corrected chi connectivity index (χ2v) is 10.9. The molecule has 37 heavy (non-hydrogen) atoms. The van der Waals surface area contributed by atoms with E-state index >= 15 is 0 Å². The van der Waals surface area contributed by atoms with Gasteiger partial charge in [-0.1, -0.05) is 27.7 Å². The molecule has 0 fully saturated rings. The lowest BCUT2D eigenvalue weighted by Crippen LogP contribution is -2.13. The minimum Gasteiger partial charge on any atom is -0.455 e. The molecule has 8 nitrogen and oxygen atoms in total. The topological polar surface area (TPSA) is 111 Å². The Labute approximate surface area is 227 Å². The number of halogens is 1. The van der Waals surface area contributed by atoms with E-state index < -0.39 is 4.92 Å². The molecule has 0 saturated carbocycles. The molecule has 0 aliphatic heterocycles. The van der Waals surface area contributed by atoms with Gasteiger partial charge in [-0.25, -0.2) is 4.98 Å². The van der Waals surface area contributed by atoms with Crippen LogP contribution < -0.4 is 5.32 Å². The number of nitrogens with zero attached hydrogens (tertiary/aromatic N) is 3. The molecule has 11 heteroatoms. The first-order valence-corrected chi connectivity index (χ1v) is 13.5. The number of nitrogens with one attached hydrogen (secondary N) is 1. The third-order valence-corrected chi connectivity index (χ3v) is 7.83. The molecule has 5 rings (SSSR count). The van der Waals surface area contributed by atoms with Crippen LogP contribution in [0.15, 0.2) is 97.1 Å². The zero-order valence-corrected chi connectivity index (χ0v) is 22.2. The minimum absolute atomic E-state index is 0.0288. The Bertz CT molecular complexity index is 1610. The van der Waals surface area contributed by atoms with Gasteiger partial charge in [0.25, 0.3) is 5.69 Å². The van der Waals surface area contributed by atoms with Gasteiger partial charge in [0.05, 0.1) is 32.8 Å². The van der Waals surface area contributed by atoms with Crippen molar-refractivity contribution in [2.75, 3.05) is 11.1 Å². The molecule has 1 N–H and O–H groups in total. The molecular formula is C26H17BrN4O4S2. The molecule has 0 spiro atoms. The number of non-ortho nitro benzene ring substituents is 1. The fourth-order valence-electron chi connectivity index (χ4n) is 3.35. The number of furan rings is 1. The number of thioether (sulfide) groups is 1. The average molecular weight is 593 g/mol. The number of nitro benzene ring substituents is 1. The summed E-state index contributed by atoms with van der Waals surface area (Å²) in [6, 6.07) is 22.9. The second-order valence-electron chi connectivity index (χ2n) is 7.74. The zero-order valence-electron chi connectivity index (χ0n) is 19.0. The number of hydrogen-bond acceptors (Lipinski definition) is 8. The molecule has 0 radical (unpaired) electrons. The number of aliphatic imine (C=N–C) groups is 1. The van der Waals surface area contributed by atoms with Crippen LogP contribution in [0.1, 0.15) is 5.76 Å². The van der Waals surface area contributed by atoms with Gasteiger partial charge in [-0.3, -0.25) is 19.9 Å². The predicted molar refractivity (Wildman–Crippen MR) is 151 cm³/mol. The number of thiazole rings is 1. The lowest BCUT2D eigenvalue weighted by molar-refractivity contribution is -0.384. The number of anilines is 1. The van der Waals surface area contributed by atoms with E-state index in [0.717, 1.165) is 36.0 Å². The Morgan fingerprint density at radius 1 is 1.11 bits per heavy atom. The van der Waals surface area contributed by atoms with Crippen molar-refractivity contribution >= 4 is 78.4 Å². The van der Waals surface area contributed by atoms with Crippen LogP contribution >= 0.6 is 39.0 Å². The summed E-state index contributed by atoms with van der Waals surface area (Å²) < 4.78 is 8.54. The van der Waals surface area contributed by atoms with E-state index in [-0.39, 0.29) is 17.3 Å². The molecule has 5 aromatic rings. The van der Waals surface area contributed by atoms with Crippen molar-refractivity contribution in [1.82, 2.24) is 4.98 Å². The highest BCUT2D eigenvalue weighted by molar-refractivity contribution is 9.10. The number of benzene rings is 3. The zero-order chi connectivity index (χ0) is 25.8. The van der Waals surface area contributed by atoms with Gasteiger partial charge in [0.1, 0.15) is 11.5 Å². The first-order valence-electron chi connectivity index (χ1n) is 10.9. The molecule has 0 atom stereocenters. The number of carbonyl (C=O) groups excluding carboxylic acids is 1. The predicted octanol–water partition coefficient (Wildman–Crippen LogP) is 7.71. The third-order valence-electron chi connectivity index (χ3n) is 5.14. The number of carbonyl (C=O) groups is 1. The van der Waals surface area contributed by atoms with Gasteiger partial charge in [-0.2, -0.15) is 0 Å². The molecule has 0 bridgehead atoms. The molecule has 1 amide bonds. The van der Waals surface area contributed by atoms with Crippen molar-refractivity contribution in [3.63, 3.8) is 0 Å². The maximum Gasteiger partial charge on any atom is 0.269 e. The van der Waals surface area contributed by atoms with E-state index in [2.05, 4.69) is 31.2 Å². The molecule has 2 aromatic heterocycles. The monoisotopic (exact) mass is 592 g/mol. The Morgan fingerprint density at radius 2 is 1.89 bits per heavy atom. The average Bonchev–Trinajstić information content (AvgIpc) is 3.54. The maximum atomic E-state index is 12.3. The number of nitro groups is 1. The van der Waals surface area contributed by atoms with E-state index in [4.69, 9.17) is 4.42 Å². The number of amides is 1. The first kappa shape index (κ1) is 24.9. The van der Waals surface area contributed by atoms with E-state index in [1.165, 1.54) is 35.2 Å². The Hall–Kier alpha value is -3.80. The molecule has 0 saturated heterocycles. The Morgan fingerprint density at radius 3 is 2.65 bits per heavy atom. The Balaban J connectivity index is 1.21. The van der Waals surface area contributed by atoms with Crippen LogP contribution in [0.2, 0.25) is 0 Å². The van der Waals surface area contributed by atoms with Crippen LogP contribution in [0, 0.1) is 10.1 Å². The van der Waals surface area contributed by atoms with Crippen LogP contribution in [0.5, 0.6) is 0 Å². The summed E-state index contributed by atoms with van der Waals surface area (Å²) in [4.78, 5) is 31.8. The summed E-state index contributed by atoms with van der Waals surface area (Å²) >= 11 is 6.28. The number of rotatable bonds is 8. The van der Waals surface area contributed by atoms with Crippen LogP contribution in [0.25, 0.3) is 21.5 Å². The van der Waals surface area contributed by atoms with Crippen LogP contribution in [-0.2, 0) is 4.79 Å². The molecule has 184 valence electrons. The van der Waals surface area contributed by atoms with Crippen molar-refractivity contribution in [2.24, 2.45) is 4.99 Å². The molecule has 2 heterocycles. The highest BCUT2D eigenvalue weighted by Crippen LogP contribution is 2.32. The molecule has 0 aliphatic rings. The van der Waals surface area contributed by atoms with Crippen molar-refractivity contribution in [2.45, 2.75) is 4.34 Å². The fraction of sp³-hybridized carbons (Fsp3) is 0.0385. The van der Waals surface area contributed by atoms with Crippen molar-refractivity contribution in [1.29, 1.82) is 0 Å². The maximum absolute atomic E-state index is 12.3. The molecule has 0 unspecified atom stereocenters. The van der Waals surface area contributed by atoms with Gasteiger partial charge in [0.2, 0.25) is 5.91 Å². The number of fused-ring (bicyclic) bond motifs is 1. The van der Waals surface area contributed by atoms with Crippen LogP contribution in [0.4, 0.5) is 17.1 Å². The summed E-state index contributed by atoms with van der Waals surface area (Å²) in [6.07, 6.45) is 1.62.